The lowest BCUT2D eigenvalue weighted by atomic mass is 10.1. The number of carbonyl (C=O) groups excluding carboxylic acids is 1. The first kappa shape index (κ1) is 13.5. The molecule has 0 unspecified atom stereocenters. The van der Waals surface area contributed by atoms with E-state index in [1.54, 1.807) is 11.8 Å². The van der Waals surface area contributed by atoms with E-state index in [4.69, 9.17) is 0 Å². The van der Waals surface area contributed by atoms with E-state index in [-0.39, 0.29) is 17.1 Å². The Kier molecular flexibility index (Phi) is 4.75. The van der Waals surface area contributed by atoms with Crippen molar-refractivity contribution >= 4 is 17.5 Å². The average molecular weight is 270 g/mol. The molecule has 1 aromatic rings. The van der Waals surface area contributed by atoms with Gasteiger partial charge in [-0.25, -0.2) is 8.78 Å². The quantitative estimate of drug-likeness (QED) is 0.750. The normalized spacial score (nSPS) is 16.1. The Morgan fingerprint density at radius 2 is 2.00 bits per heavy atom. The van der Waals surface area contributed by atoms with Crippen molar-refractivity contribution in [2.75, 3.05) is 11.5 Å². The summed E-state index contributed by atoms with van der Waals surface area (Å²) in [5, 5.41) is 0. The van der Waals surface area contributed by atoms with Gasteiger partial charge in [0.05, 0.1) is 11.3 Å². The molecule has 0 spiro atoms. The third kappa shape index (κ3) is 3.55. The molecule has 1 fully saturated rings. The van der Waals surface area contributed by atoms with Gasteiger partial charge < -0.3 is 0 Å². The van der Waals surface area contributed by atoms with Gasteiger partial charge in [-0.3, -0.25) is 4.79 Å². The number of carbonyl (C=O) groups is 1. The molecule has 0 saturated heterocycles. The summed E-state index contributed by atoms with van der Waals surface area (Å²) in [6.07, 6.45) is 5.05. The van der Waals surface area contributed by atoms with E-state index in [9.17, 15) is 13.6 Å². The van der Waals surface area contributed by atoms with Gasteiger partial charge in [-0.1, -0.05) is 12.8 Å². The van der Waals surface area contributed by atoms with Gasteiger partial charge in [0.25, 0.3) is 0 Å². The Labute approximate surface area is 110 Å². The Morgan fingerprint density at radius 1 is 1.28 bits per heavy atom. The first-order chi connectivity index (χ1) is 8.66. The van der Waals surface area contributed by atoms with E-state index in [1.165, 1.54) is 31.7 Å². The van der Waals surface area contributed by atoms with Crippen LogP contribution in [-0.4, -0.2) is 17.3 Å². The van der Waals surface area contributed by atoms with Crippen LogP contribution in [0.3, 0.4) is 0 Å². The standard InChI is InChI=1S/C14H16F2OS/c15-11-5-6-12(13(16)7-11)14(17)9-18-8-10-3-1-2-4-10/h5-7,10H,1-4,8-9H2. The Balaban J connectivity index is 1.83. The van der Waals surface area contributed by atoms with E-state index >= 15 is 0 Å². The highest BCUT2D eigenvalue weighted by Crippen LogP contribution is 2.28. The Morgan fingerprint density at radius 3 is 2.67 bits per heavy atom. The van der Waals surface area contributed by atoms with Crippen LogP contribution in [0.25, 0.3) is 0 Å². The van der Waals surface area contributed by atoms with Crippen LogP contribution in [0.1, 0.15) is 36.0 Å². The van der Waals surface area contributed by atoms with E-state index in [0.717, 1.165) is 17.9 Å². The highest BCUT2D eigenvalue weighted by molar-refractivity contribution is 7.99. The molecule has 1 aromatic carbocycles. The molecule has 1 saturated carbocycles. The largest absolute Gasteiger partial charge is 0.293 e. The van der Waals surface area contributed by atoms with Crippen LogP contribution in [-0.2, 0) is 0 Å². The van der Waals surface area contributed by atoms with E-state index in [0.29, 0.717) is 5.92 Å². The van der Waals surface area contributed by atoms with Crippen molar-refractivity contribution in [1.82, 2.24) is 0 Å². The lowest BCUT2D eigenvalue weighted by Crippen LogP contribution is -2.08. The highest BCUT2D eigenvalue weighted by atomic mass is 32.2. The number of halogens is 2. The van der Waals surface area contributed by atoms with Gasteiger partial charge in [0.1, 0.15) is 11.6 Å². The minimum atomic E-state index is -0.763. The summed E-state index contributed by atoms with van der Waals surface area (Å²) in [5.41, 5.74) is -0.00433. The summed E-state index contributed by atoms with van der Waals surface area (Å²) in [7, 11) is 0. The molecule has 0 N–H and O–H groups in total. The first-order valence-corrected chi connectivity index (χ1v) is 7.38. The zero-order valence-electron chi connectivity index (χ0n) is 10.1. The fraction of sp³-hybridized carbons (Fsp3) is 0.500. The van der Waals surface area contributed by atoms with Crippen molar-refractivity contribution in [3.63, 3.8) is 0 Å². The van der Waals surface area contributed by atoms with Crippen molar-refractivity contribution in [2.24, 2.45) is 5.92 Å². The molecule has 1 nitrogen and oxygen atoms in total. The number of benzene rings is 1. The molecular formula is C14H16F2OS. The minimum absolute atomic E-state index is 0.00433. The third-order valence-corrected chi connectivity index (χ3v) is 4.47. The van der Waals surface area contributed by atoms with Crippen molar-refractivity contribution in [2.45, 2.75) is 25.7 Å². The molecule has 0 bridgehead atoms. The molecule has 4 heteroatoms. The van der Waals surface area contributed by atoms with E-state index < -0.39 is 11.6 Å². The molecule has 18 heavy (non-hydrogen) atoms. The number of hydrogen-bond acceptors (Lipinski definition) is 2. The van der Waals surface area contributed by atoms with Gasteiger partial charge in [-0.15, -0.1) is 0 Å². The molecule has 98 valence electrons. The zero-order valence-corrected chi connectivity index (χ0v) is 10.9. The predicted molar refractivity (Wildman–Crippen MR) is 70.0 cm³/mol. The monoisotopic (exact) mass is 270 g/mol. The topological polar surface area (TPSA) is 17.1 Å². The summed E-state index contributed by atoms with van der Waals surface area (Å²) in [4.78, 5) is 11.8. The fourth-order valence-electron chi connectivity index (χ4n) is 2.29. The Bertz CT molecular complexity index is 428. The maximum Gasteiger partial charge on any atom is 0.175 e. The molecule has 1 aliphatic carbocycles. The van der Waals surface area contributed by atoms with E-state index in [1.807, 2.05) is 0 Å². The van der Waals surface area contributed by atoms with Crippen LogP contribution in [0.5, 0.6) is 0 Å². The maximum atomic E-state index is 13.4. The minimum Gasteiger partial charge on any atom is -0.293 e. The molecular weight excluding hydrogens is 254 g/mol. The number of rotatable bonds is 5. The number of Topliss-reactive ketones (excluding diaryl/α,β-unsaturated/α-hetero) is 1. The smallest absolute Gasteiger partial charge is 0.175 e. The van der Waals surface area contributed by atoms with Crippen LogP contribution < -0.4 is 0 Å². The third-order valence-electron chi connectivity index (χ3n) is 3.29. The van der Waals surface area contributed by atoms with Crippen LogP contribution in [0, 0.1) is 17.6 Å². The van der Waals surface area contributed by atoms with Gasteiger partial charge in [0.15, 0.2) is 5.78 Å². The molecule has 2 rings (SSSR count). The molecule has 0 atom stereocenters. The predicted octanol–water partition coefficient (Wildman–Crippen LogP) is 4.07. The summed E-state index contributed by atoms with van der Waals surface area (Å²) in [6, 6.07) is 3.11. The zero-order chi connectivity index (χ0) is 13.0. The second kappa shape index (κ2) is 6.32. The summed E-state index contributed by atoms with van der Waals surface area (Å²) < 4.78 is 26.1. The lowest BCUT2D eigenvalue weighted by Gasteiger charge is -2.08. The van der Waals surface area contributed by atoms with Gasteiger partial charge in [-0.2, -0.15) is 11.8 Å². The second-order valence-electron chi connectivity index (χ2n) is 4.71. The number of ketones is 1. The van der Waals surface area contributed by atoms with Gasteiger partial charge in [0.2, 0.25) is 0 Å². The van der Waals surface area contributed by atoms with Gasteiger partial charge in [-0.05, 0) is 36.6 Å². The Hall–Kier alpha value is -0.900. The van der Waals surface area contributed by atoms with Crippen LogP contribution in [0.2, 0.25) is 0 Å². The van der Waals surface area contributed by atoms with Crippen molar-refractivity contribution in [3.05, 3.63) is 35.4 Å². The number of thioether (sulfide) groups is 1. The van der Waals surface area contributed by atoms with Crippen molar-refractivity contribution < 1.29 is 13.6 Å². The second-order valence-corrected chi connectivity index (χ2v) is 5.74. The molecule has 1 aliphatic rings. The number of hydrogen-bond donors (Lipinski definition) is 0. The van der Waals surface area contributed by atoms with Crippen LogP contribution in [0.15, 0.2) is 18.2 Å². The summed E-state index contributed by atoms with van der Waals surface area (Å²) >= 11 is 1.56. The van der Waals surface area contributed by atoms with Gasteiger partial charge >= 0.3 is 0 Å². The average Bonchev–Trinajstić information content (AvgIpc) is 2.81. The lowest BCUT2D eigenvalue weighted by molar-refractivity contribution is 0.101. The van der Waals surface area contributed by atoms with Gasteiger partial charge in [0, 0.05) is 6.07 Å². The molecule has 0 aromatic heterocycles. The van der Waals surface area contributed by atoms with Crippen LogP contribution >= 0.6 is 11.8 Å². The first-order valence-electron chi connectivity index (χ1n) is 6.23. The molecule has 0 heterocycles. The molecule has 0 aliphatic heterocycles. The highest BCUT2D eigenvalue weighted by Gasteiger charge is 2.17. The summed E-state index contributed by atoms with van der Waals surface area (Å²) in [6.45, 7) is 0. The van der Waals surface area contributed by atoms with Crippen molar-refractivity contribution in [1.29, 1.82) is 0 Å². The summed E-state index contributed by atoms with van der Waals surface area (Å²) in [5.74, 6) is 0.286. The maximum absolute atomic E-state index is 13.4. The van der Waals surface area contributed by atoms with Crippen LogP contribution in [0.4, 0.5) is 8.78 Å². The van der Waals surface area contributed by atoms with Crippen molar-refractivity contribution in [3.8, 4) is 0 Å². The fourth-order valence-corrected chi connectivity index (χ4v) is 3.41. The van der Waals surface area contributed by atoms with E-state index in [2.05, 4.69) is 0 Å². The SMILES string of the molecule is O=C(CSCC1CCCC1)c1ccc(F)cc1F. The molecule has 0 amide bonds. The molecule has 0 radical (unpaired) electrons.